The molecule has 0 fully saturated rings. The van der Waals surface area contributed by atoms with Crippen molar-refractivity contribution < 1.29 is 27.4 Å². The highest BCUT2D eigenvalue weighted by Crippen LogP contribution is 2.08. The Bertz CT molecular complexity index is 534. The van der Waals surface area contributed by atoms with Gasteiger partial charge >= 0.3 is 5.97 Å². The number of halogens is 1. The van der Waals surface area contributed by atoms with Crippen LogP contribution in [0.4, 0.5) is 4.39 Å². The summed E-state index contributed by atoms with van der Waals surface area (Å²) in [5, 5.41) is 8.65. The molecule has 1 unspecified atom stereocenters. The summed E-state index contributed by atoms with van der Waals surface area (Å²) in [5.41, 5.74) is 0. The van der Waals surface area contributed by atoms with E-state index in [4.69, 9.17) is 5.11 Å². The van der Waals surface area contributed by atoms with Crippen molar-refractivity contribution in [1.82, 2.24) is 9.71 Å². The summed E-state index contributed by atoms with van der Waals surface area (Å²) in [5.74, 6) is -2.11. The van der Waals surface area contributed by atoms with Gasteiger partial charge in [0.25, 0.3) is 0 Å². The maximum Gasteiger partial charge on any atom is 0.334 e. The minimum atomic E-state index is -4.02. The van der Waals surface area contributed by atoms with Crippen molar-refractivity contribution in [3.63, 3.8) is 0 Å². The molecule has 1 aromatic rings. The predicted octanol–water partition coefficient (Wildman–Crippen LogP) is -0.401. The van der Waals surface area contributed by atoms with Crippen molar-refractivity contribution in [3.8, 4) is 0 Å². The Hall–Kier alpha value is -1.58. The molecule has 1 atom stereocenters. The summed E-state index contributed by atoms with van der Waals surface area (Å²) in [4.78, 5) is 13.6. The summed E-state index contributed by atoms with van der Waals surface area (Å²) < 4.78 is 42.7. The van der Waals surface area contributed by atoms with E-state index in [1.165, 1.54) is 0 Å². The number of nitrogens with one attached hydrogen (secondary N) is 1. The number of nitrogens with zero attached hydrogens (tertiary/aromatic N) is 1. The van der Waals surface area contributed by atoms with Gasteiger partial charge in [0.15, 0.2) is 6.10 Å². The minimum Gasteiger partial charge on any atom is -0.479 e. The van der Waals surface area contributed by atoms with E-state index in [1.54, 1.807) is 0 Å². The molecule has 9 heteroatoms. The molecule has 100 valence electrons. The SMILES string of the molecule is COC(CNS(=O)(=O)c1cncc(F)c1)C(=O)O. The summed E-state index contributed by atoms with van der Waals surface area (Å²) in [6.07, 6.45) is 0.490. The lowest BCUT2D eigenvalue weighted by Crippen LogP contribution is -2.37. The highest BCUT2D eigenvalue weighted by atomic mass is 32.2. The number of hydrogen-bond donors (Lipinski definition) is 2. The van der Waals surface area contributed by atoms with Crippen LogP contribution in [0.5, 0.6) is 0 Å². The Labute approximate surface area is 103 Å². The second-order valence-corrected chi connectivity index (χ2v) is 5.02. The van der Waals surface area contributed by atoms with Crippen molar-refractivity contribution in [2.75, 3.05) is 13.7 Å². The third-order valence-corrected chi connectivity index (χ3v) is 3.40. The van der Waals surface area contributed by atoms with Crippen LogP contribution in [-0.4, -0.2) is 44.2 Å². The summed E-state index contributed by atoms with van der Waals surface area (Å²) >= 11 is 0. The maximum absolute atomic E-state index is 12.8. The minimum absolute atomic E-state index is 0.386. The number of carbonyl (C=O) groups is 1. The van der Waals surface area contributed by atoms with E-state index in [-0.39, 0.29) is 4.90 Å². The molecule has 1 aromatic heterocycles. The highest BCUT2D eigenvalue weighted by molar-refractivity contribution is 7.89. The molecule has 1 heterocycles. The molecule has 0 bridgehead atoms. The fourth-order valence-corrected chi connectivity index (χ4v) is 2.08. The third-order valence-electron chi connectivity index (χ3n) is 2.01. The molecule has 7 nitrogen and oxygen atoms in total. The molecule has 0 saturated carbocycles. The van der Waals surface area contributed by atoms with Gasteiger partial charge in [0.1, 0.15) is 10.7 Å². The van der Waals surface area contributed by atoms with Crippen LogP contribution in [-0.2, 0) is 19.6 Å². The second-order valence-electron chi connectivity index (χ2n) is 3.25. The lowest BCUT2D eigenvalue weighted by Gasteiger charge is -2.11. The van der Waals surface area contributed by atoms with Crippen LogP contribution in [0.2, 0.25) is 0 Å². The van der Waals surface area contributed by atoms with Crippen molar-refractivity contribution in [1.29, 1.82) is 0 Å². The zero-order valence-corrected chi connectivity index (χ0v) is 10.1. The van der Waals surface area contributed by atoms with Gasteiger partial charge in [0.05, 0.1) is 6.20 Å². The molecular weight excluding hydrogens is 267 g/mol. The normalized spacial score (nSPS) is 13.2. The molecule has 2 N–H and O–H groups in total. The number of aromatic nitrogens is 1. The van der Waals surface area contributed by atoms with Crippen LogP contribution >= 0.6 is 0 Å². The van der Waals surface area contributed by atoms with Gasteiger partial charge in [-0.05, 0) is 6.07 Å². The molecule has 0 aromatic carbocycles. The van der Waals surface area contributed by atoms with Crippen molar-refractivity contribution in [3.05, 3.63) is 24.3 Å². The Morgan fingerprint density at radius 2 is 2.28 bits per heavy atom. The van der Waals surface area contributed by atoms with Gasteiger partial charge < -0.3 is 9.84 Å². The zero-order valence-electron chi connectivity index (χ0n) is 9.33. The van der Waals surface area contributed by atoms with Crippen molar-refractivity contribution in [2.24, 2.45) is 0 Å². The molecule has 0 spiro atoms. The monoisotopic (exact) mass is 278 g/mol. The first-order chi connectivity index (χ1) is 8.36. The van der Waals surface area contributed by atoms with Crippen LogP contribution in [0.15, 0.2) is 23.4 Å². The van der Waals surface area contributed by atoms with Gasteiger partial charge in [0.2, 0.25) is 10.0 Å². The molecule has 0 aliphatic carbocycles. The Balaban J connectivity index is 2.80. The second kappa shape index (κ2) is 5.85. The van der Waals surface area contributed by atoms with Crippen molar-refractivity contribution in [2.45, 2.75) is 11.0 Å². The first kappa shape index (κ1) is 14.5. The number of sulfonamides is 1. The Morgan fingerprint density at radius 3 is 2.78 bits per heavy atom. The van der Waals surface area contributed by atoms with Crippen LogP contribution in [0.3, 0.4) is 0 Å². The number of methoxy groups -OCH3 is 1. The number of aliphatic carboxylic acids is 1. The number of hydrogen-bond acceptors (Lipinski definition) is 5. The van der Waals surface area contributed by atoms with E-state index < -0.39 is 34.5 Å². The zero-order chi connectivity index (χ0) is 13.8. The van der Waals surface area contributed by atoms with Gasteiger partial charge in [-0.25, -0.2) is 22.3 Å². The molecule has 18 heavy (non-hydrogen) atoms. The number of carboxylic acids is 1. The van der Waals surface area contributed by atoms with Crippen LogP contribution in [0, 0.1) is 5.82 Å². The van der Waals surface area contributed by atoms with Crippen molar-refractivity contribution >= 4 is 16.0 Å². The highest BCUT2D eigenvalue weighted by Gasteiger charge is 2.21. The average Bonchev–Trinajstić information content (AvgIpc) is 2.29. The molecule has 1 rings (SSSR count). The quantitative estimate of drug-likeness (QED) is 0.733. The van der Waals surface area contributed by atoms with E-state index in [9.17, 15) is 17.6 Å². The van der Waals surface area contributed by atoms with E-state index in [2.05, 4.69) is 9.72 Å². The first-order valence-corrected chi connectivity index (χ1v) is 6.21. The lowest BCUT2D eigenvalue weighted by molar-refractivity contribution is -0.147. The van der Waals surface area contributed by atoms with E-state index in [0.29, 0.717) is 0 Å². The molecular formula is C9H11FN2O5S. The Kier molecular flexibility index (Phi) is 4.70. The van der Waals surface area contributed by atoms with Gasteiger partial charge in [-0.1, -0.05) is 0 Å². The number of rotatable bonds is 6. The average molecular weight is 278 g/mol. The van der Waals surface area contributed by atoms with E-state index in [0.717, 1.165) is 25.6 Å². The van der Waals surface area contributed by atoms with E-state index in [1.807, 2.05) is 4.72 Å². The topological polar surface area (TPSA) is 106 Å². The van der Waals surface area contributed by atoms with Gasteiger partial charge in [0, 0.05) is 19.9 Å². The third kappa shape index (κ3) is 3.72. The number of carboxylic acid groups (broad SMARTS) is 1. The summed E-state index contributed by atoms with van der Waals surface area (Å²) in [6.45, 7) is -0.468. The molecule has 0 aliphatic rings. The summed E-state index contributed by atoms with van der Waals surface area (Å²) in [7, 11) is -2.88. The van der Waals surface area contributed by atoms with Gasteiger partial charge in [-0.3, -0.25) is 4.98 Å². The van der Waals surface area contributed by atoms with Crippen LogP contribution in [0.1, 0.15) is 0 Å². The fourth-order valence-electron chi connectivity index (χ4n) is 1.08. The van der Waals surface area contributed by atoms with Gasteiger partial charge in [-0.2, -0.15) is 0 Å². The lowest BCUT2D eigenvalue weighted by atomic mass is 10.4. The van der Waals surface area contributed by atoms with Gasteiger partial charge in [-0.15, -0.1) is 0 Å². The first-order valence-electron chi connectivity index (χ1n) is 4.72. The van der Waals surface area contributed by atoms with Crippen LogP contribution in [0.25, 0.3) is 0 Å². The van der Waals surface area contributed by atoms with E-state index >= 15 is 0 Å². The van der Waals surface area contributed by atoms with Crippen LogP contribution < -0.4 is 4.72 Å². The summed E-state index contributed by atoms with van der Waals surface area (Å²) in [6, 6.07) is 0.776. The number of pyridine rings is 1. The Morgan fingerprint density at radius 1 is 1.61 bits per heavy atom. The predicted molar refractivity (Wildman–Crippen MR) is 57.8 cm³/mol. The molecule has 0 amide bonds. The maximum atomic E-state index is 12.8. The smallest absolute Gasteiger partial charge is 0.334 e. The standard InChI is InChI=1S/C9H11FN2O5S/c1-17-8(9(13)14)5-12-18(15,16)7-2-6(10)3-11-4-7/h2-4,8,12H,5H2,1H3,(H,13,14). The molecule has 0 aliphatic heterocycles. The number of ether oxygens (including phenoxy) is 1. The molecule has 0 radical (unpaired) electrons. The molecule has 0 saturated heterocycles. The fraction of sp³-hybridized carbons (Fsp3) is 0.333. The largest absolute Gasteiger partial charge is 0.479 e.